The fraction of sp³-hybridized carbons (Fsp3) is 0.273. The molecule has 108 valence electrons. The molecule has 0 aliphatic heterocycles. The molecule has 0 radical (unpaired) electrons. The molecule has 0 spiro atoms. The Morgan fingerprint density at radius 1 is 1.30 bits per heavy atom. The van der Waals surface area contributed by atoms with Gasteiger partial charge >= 0.3 is 0 Å². The van der Waals surface area contributed by atoms with Crippen LogP contribution in [-0.4, -0.2) is 23.0 Å². The quantitative estimate of drug-likeness (QED) is 0.932. The van der Waals surface area contributed by atoms with Gasteiger partial charge in [-0.2, -0.15) is 8.42 Å². The number of nitrogens with one attached hydrogen (secondary N) is 1. The smallest absolute Gasteiger partial charge is 0.282 e. The summed E-state index contributed by atoms with van der Waals surface area (Å²) in [4.78, 5) is 7.71. The SMILES string of the molecule is CC(C)n1cnc(S(=O)(=O)Nc2ncc(Cl)cc2Cl)c1. The molecule has 0 aliphatic carbocycles. The summed E-state index contributed by atoms with van der Waals surface area (Å²) < 4.78 is 28.3. The van der Waals surface area contributed by atoms with Crippen LogP contribution in [0.2, 0.25) is 10.0 Å². The van der Waals surface area contributed by atoms with Crippen LogP contribution >= 0.6 is 23.2 Å². The number of sulfonamides is 1. The molecule has 9 heteroatoms. The van der Waals surface area contributed by atoms with Crippen molar-refractivity contribution in [3.63, 3.8) is 0 Å². The van der Waals surface area contributed by atoms with Gasteiger partial charge in [0.25, 0.3) is 10.0 Å². The third-order valence-electron chi connectivity index (χ3n) is 2.49. The molecule has 1 N–H and O–H groups in total. The molecule has 0 aliphatic rings. The number of pyridine rings is 1. The second kappa shape index (κ2) is 5.59. The summed E-state index contributed by atoms with van der Waals surface area (Å²) in [5, 5.41) is 0.338. The standard InChI is InChI=1S/C11H12Cl2N4O2S/c1-7(2)17-5-10(15-6-17)20(18,19)16-11-9(13)3-8(12)4-14-11/h3-7H,1-2H3,(H,14,16). The minimum Gasteiger partial charge on any atom is -0.334 e. The summed E-state index contributed by atoms with van der Waals surface area (Å²) >= 11 is 11.6. The van der Waals surface area contributed by atoms with Crippen molar-refractivity contribution >= 4 is 39.0 Å². The van der Waals surface area contributed by atoms with Crippen LogP contribution in [0, 0.1) is 0 Å². The molecule has 2 heterocycles. The van der Waals surface area contributed by atoms with Gasteiger partial charge in [0.15, 0.2) is 10.8 Å². The number of nitrogens with zero attached hydrogens (tertiary/aromatic N) is 3. The Bertz CT molecular complexity index is 728. The monoisotopic (exact) mass is 334 g/mol. The summed E-state index contributed by atoms with van der Waals surface area (Å²) in [6, 6.07) is 1.52. The largest absolute Gasteiger partial charge is 0.334 e. The van der Waals surface area contributed by atoms with E-state index in [4.69, 9.17) is 23.2 Å². The van der Waals surface area contributed by atoms with Crippen LogP contribution < -0.4 is 4.72 Å². The first-order chi connectivity index (χ1) is 9.29. The number of hydrogen-bond donors (Lipinski definition) is 1. The molecule has 0 fully saturated rings. The fourth-order valence-electron chi connectivity index (χ4n) is 1.41. The zero-order valence-electron chi connectivity index (χ0n) is 10.7. The van der Waals surface area contributed by atoms with Gasteiger partial charge in [-0.15, -0.1) is 0 Å². The molecule has 2 aromatic heterocycles. The van der Waals surface area contributed by atoms with E-state index in [1.807, 2.05) is 13.8 Å². The molecule has 20 heavy (non-hydrogen) atoms. The summed E-state index contributed by atoms with van der Waals surface area (Å²) in [7, 11) is -3.83. The Hall–Kier alpha value is -1.31. The molecule has 6 nitrogen and oxygen atoms in total. The van der Waals surface area contributed by atoms with Crippen molar-refractivity contribution in [2.75, 3.05) is 4.72 Å². The fourth-order valence-corrected chi connectivity index (χ4v) is 2.86. The summed E-state index contributed by atoms with van der Waals surface area (Å²) in [6.07, 6.45) is 4.20. The first-order valence-corrected chi connectivity index (χ1v) is 7.91. The summed E-state index contributed by atoms with van der Waals surface area (Å²) in [5.74, 6) is 0.00941. The highest BCUT2D eigenvalue weighted by molar-refractivity contribution is 7.92. The first-order valence-electron chi connectivity index (χ1n) is 5.67. The lowest BCUT2D eigenvalue weighted by molar-refractivity contribution is 0.591. The van der Waals surface area contributed by atoms with Gasteiger partial charge in [0.1, 0.15) is 0 Å². The van der Waals surface area contributed by atoms with Gasteiger partial charge in [-0.05, 0) is 19.9 Å². The van der Waals surface area contributed by atoms with Crippen molar-refractivity contribution in [2.24, 2.45) is 0 Å². The molecule has 2 rings (SSSR count). The van der Waals surface area contributed by atoms with Gasteiger partial charge in [0.05, 0.1) is 16.4 Å². The average molecular weight is 335 g/mol. The third kappa shape index (κ3) is 3.23. The minimum absolute atomic E-state index is 0.00941. The Kier molecular flexibility index (Phi) is 4.22. The zero-order valence-corrected chi connectivity index (χ0v) is 13.0. The van der Waals surface area contributed by atoms with Gasteiger partial charge in [-0.25, -0.2) is 9.97 Å². The number of aromatic nitrogens is 3. The van der Waals surface area contributed by atoms with Gasteiger partial charge in [0, 0.05) is 18.4 Å². The topological polar surface area (TPSA) is 76.9 Å². The van der Waals surface area contributed by atoms with E-state index in [0.29, 0.717) is 5.02 Å². The van der Waals surface area contributed by atoms with Crippen molar-refractivity contribution in [3.05, 3.63) is 34.8 Å². The van der Waals surface area contributed by atoms with Crippen LogP contribution in [0.4, 0.5) is 5.82 Å². The maximum Gasteiger partial charge on any atom is 0.282 e. The first kappa shape index (κ1) is 15.1. The van der Waals surface area contributed by atoms with E-state index in [1.54, 1.807) is 4.57 Å². The normalized spacial score (nSPS) is 11.8. The number of rotatable bonds is 4. The van der Waals surface area contributed by atoms with Crippen LogP contribution in [0.15, 0.2) is 29.8 Å². The third-order valence-corrected chi connectivity index (χ3v) is 4.21. The molecule has 0 amide bonds. The molecule has 0 saturated carbocycles. The second-order valence-corrected chi connectivity index (χ2v) is 6.82. The molecule has 0 atom stereocenters. The average Bonchev–Trinajstić information content (AvgIpc) is 2.83. The van der Waals surface area contributed by atoms with E-state index in [9.17, 15) is 8.42 Å². The van der Waals surface area contributed by atoms with Crippen LogP contribution in [0.1, 0.15) is 19.9 Å². The van der Waals surface area contributed by atoms with Crippen molar-refractivity contribution in [3.8, 4) is 0 Å². The Morgan fingerprint density at radius 3 is 2.55 bits per heavy atom. The van der Waals surface area contributed by atoms with Crippen molar-refractivity contribution in [2.45, 2.75) is 24.9 Å². The van der Waals surface area contributed by atoms with E-state index in [-0.39, 0.29) is 21.9 Å². The zero-order chi connectivity index (χ0) is 14.9. The Labute approximate surface area is 126 Å². The van der Waals surface area contributed by atoms with Gasteiger partial charge < -0.3 is 4.57 Å². The minimum atomic E-state index is -3.83. The molecule has 0 bridgehead atoms. The molecule has 2 aromatic rings. The van der Waals surface area contributed by atoms with Gasteiger partial charge in [0.2, 0.25) is 0 Å². The lowest BCUT2D eigenvalue weighted by Crippen LogP contribution is -2.14. The van der Waals surface area contributed by atoms with Crippen LogP contribution in [0.3, 0.4) is 0 Å². The summed E-state index contributed by atoms with van der Waals surface area (Å²) in [5.41, 5.74) is 0. The van der Waals surface area contributed by atoms with Crippen LogP contribution in [0.5, 0.6) is 0 Å². The number of imidazole rings is 1. The van der Waals surface area contributed by atoms with E-state index in [2.05, 4.69) is 14.7 Å². The van der Waals surface area contributed by atoms with E-state index in [0.717, 1.165) is 0 Å². The second-order valence-electron chi connectivity index (χ2n) is 4.34. The lowest BCUT2D eigenvalue weighted by Gasteiger charge is -2.07. The molecule has 0 unspecified atom stereocenters. The molecular formula is C11H12Cl2N4O2S. The highest BCUT2D eigenvalue weighted by Crippen LogP contribution is 2.24. The van der Waals surface area contributed by atoms with Crippen molar-refractivity contribution < 1.29 is 8.42 Å². The number of anilines is 1. The van der Waals surface area contributed by atoms with Gasteiger partial charge in [-0.3, -0.25) is 4.72 Å². The van der Waals surface area contributed by atoms with E-state index >= 15 is 0 Å². The number of halogens is 2. The Balaban J connectivity index is 2.30. The maximum atomic E-state index is 12.2. The number of hydrogen-bond acceptors (Lipinski definition) is 4. The predicted octanol–water partition coefficient (Wildman–Crippen LogP) is 2.97. The van der Waals surface area contributed by atoms with Crippen LogP contribution in [0.25, 0.3) is 0 Å². The highest BCUT2D eigenvalue weighted by Gasteiger charge is 2.20. The molecular weight excluding hydrogens is 323 g/mol. The molecule has 0 saturated heterocycles. The highest BCUT2D eigenvalue weighted by atomic mass is 35.5. The van der Waals surface area contributed by atoms with Crippen molar-refractivity contribution in [1.29, 1.82) is 0 Å². The van der Waals surface area contributed by atoms with E-state index < -0.39 is 10.0 Å². The van der Waals surface area contributed by atoms with E-state index in [1.165, 1.54) is 24.8 Å². The maximum absolute atomic E-state index is 12.2. The van der Waals surface area contributed by atoms with Crippen molar-refractivity contribution in [1.82, 2.24) is 14.5 Å². The summed E-state index contributed by atoms with van der Waals surface area (Å²) in [6.45, 7) is 3.84. The Morgan fingerprint density at radius 2 is 2.00 bits per heavy atom. The van der Waals surface area contributed by atoms with Gasteiger partial charge in [-0.1, -0.05) is 23.2 Å². The predicted molar refractivity (Wildman–Crippen MR) is 77.7 cm³/mol. The molecule has 0 aromatic carbocycles. The van der Waals surface area contributed by atoms with Crippen LogP contribution in [-0.2, 0) is 10.0 Å². The lowest BCUT2D eigenvalue weighted by atomic mass is 10.4.